The van der Waals surface area contributed by atoms with E-state index in [9.17, 15) is 0 Å². The number of alkyl halides is 1. The fourth-order valence-electron chi connectivity index (χ4n) is 4.71. The molecule has 1 spiro atoms. The number of halogens is 1. The lowest BCUT2D eigenvalue weighted by Gasteiger charge is -2.20. The molecule has 14 heavy (non-hydrogen) atoms. The van der Waals surface area contributed by atoms with E-state index >= 15 is 0 Å². The Balaban J connectivity index is 2.28. The second-order valence-electron chi connectivity index (χ2n) is 6.92. The number of hydrogen-bond donors (Lipinski definition) is 0. The Morgan fingerprint density at radius 3 is 2.07 bits per heavy atom. The van der Waals surface area contributed by atoms with Crippen LogP contribution in [0, 0.1) is 28.1 Å². The zero-order chi connectivity index (χ0) is 10.8. The van der Waals surface area contributed by atoms with Crippen molar-refractivity contribution < 1.29 is 0 Å². The SMILES string of the molecule is CC1CC(C)(C)CC12C(CCl)C2(C)C. The monoisotopic (exact) mass is 214 g/mol. The second-order valence-corrected chi connectivity index (χ2v) is 7.22. The van der Waals surface area contributed by atoms with Gasteiger partial charge in [-0.2, -0.15) is 0 Å². The minimum absolute atomic E-state index is 0.488. The van der Waals surface area contributed by atoms with E-state index in [1.165, 1.54) is 12.8 Å². The molecule has 0 bridgehead atoms. The van der Waals surface area contributed by atoms with Crippen LogP contribution in [-0.4, -0.2) is 5.88 Å². The molecule has 3 atom stereocenters. The number of rotatable bonds is 1. The van der Waals surface area contributed by atoms with Gasteiger partial charge in [0.2, 0.25) is 0 Å². The topological polar surface area (TPSA) is 0 Å². The van der Waals surface area contributed by atoms with Gasteiger partial charge in [-0.15, -0.1) is 11.6 Å². The van der Waals surface area contributed by atoms with Crippen LogP contribution in [0.5, 0.6) is 0 Å². The van der Waals surface area contributed by atoms with Crippen molar-refractivity contribution in [2.75, 3.05) is 5.88 Å². The van der Waals surface area contributed by atoms with E-state index in [1.807, 2.05) is 0 Å². The summed E-state index contributed by atoms with van der Waals surface area (Å²) in [6, 6.07) is 0. The van der Waals surface area contributed by atoms with E-state index in [2.05, 4.69) is 34.6 Å². The first-order chi connectivity index (χ1) is 6.28. The highest BCUT2D eigenvalue weighted by Gasteiger charge is 2.75. The van der Waals surface area contributed by atoms with Gasteiger partial charge in [-0.25, -0.2) is 0 Å². The first-order valence-corrected chi connectivity index (χ1v) is 6.37. The van der Waals surface area contributed by atoms with E-state index in [0.29, 0.717) is 16.2 Å². The zero-order valence-corrected chi connectivity index (χ0v) is 10.9. The largest absolute Gasteiger partial charge is 0.126 e. The predicted octanol–water partition coefficient (Wildman–Crippen LogP) is 4.32. The first kappa shape index (κ1) is 10.8. The lowest BCUT2D eigenvalue weighted by molar-refractivity contribution is 0.288. The van der Waals surface area contributed by atoms with Crippen LogP contribution in [0.3, 0.4) is 0 Å². The first-order valence-electron chi connectivity index (χ1n) is 5.84. The van der Waals surface area contributed by atoms with E-state index in [1.54, 1.807) is 0 Å². The molecule has 0 N–H and O–H groups in total. The van der Waals surface area contributed by atoms with E-state index in [4.69, 9.17) is 11.6 Å². The molecule has 2 aliphatic carbocycles. The summed E-state index contributed by atoms with van der Waals surface area (Å²) in [6.45, 7) is 12.1. The van der Waals surface area contributed by atoms with Gasteiger partial charge >= 0.3 is 0 Å². The molecular weight excluding hydrogens is 192 g/mol. The molecule has 0 amide bonds. The standard InChI is InChI=1S/C13H23Cl/c1-9-6-11(2,3)8-13(9)10(7-14)12(13,4)5/h9-10H,6-8H2,1-5H3. The third kappa shape index (κ3) is 1.07. The Morgan fingerprint density at radius 1 is 1.21 bits per heavy atom. The van der Waals surface area contributed by atoms with Crippen molar-refractivity contribution in [2.24, 2.45) is 28.1 Å². The molecule has 2 fully saturated rings. The second kappa shape index (κ2) is 2.70. The van der Waals surface area contributed by atoms with Crippen LogP contribution in [0.25, 0.3) is 0 Å². The summed E-state index contributed by atoms with van der Waals surface area (Å²) in [5.74, 6) is 2.47. The fraction of sp³-hybridized carbons (Fsp3) is 1.00. The lowest BCUT2D eigenvalue weighted by Crippen LogP contribution is -2.13. The minimum atomic E-state index is 0.488. The molecule has 1 heteroatoms. The summed E-state index contributed by atoms with van der Waals surface area (Å²) in [5.41, 5.74) is 1.59. The van der Waals surface area contributed by atoms with Gasteiger partial charge in [-0.3, -0.25) is 0 Å². The molecule has 2 aliphatic rings. The number of hydrogen-bond acceptors (Lipinski definition) is 0. The van der Waals surface area contributed by atoms with Crippen LogP contribution in [-0.2, 0) is 0 Å². The van der Waals surface area contributed by atoms with E-state index < -0.39 is 0 Å². The molecule has 82 valence electrons. The van der Waals surface area contributed by atoms with Crippen molar-refractivity contribution >= 4 is 11.6 Å². The summed E-state index contributed by atoms with van der Waals surface area (Å²) in [5, 5.41) is 0. The maximum atomic E-state index is 6.11. The molecule has 3 unspecified atom stereocenters. The van der Waals surface area contributed by atoms with Crippen molar-refractivity contribution in [3.05, 3.63) is 0 Å². The molecule has 0 aromatic heterocycles. The molecule has 2 saturated carbocycles. The third-order valence-electron chi connectivity index (χ3n) is 5.27. The van der Waals surface area contributed by atoms with Gasteiger partial charge in [0.1, 0.15) is 0 Å². The van der Waals surface area contributed by atoms with Crippen LogP contribution in [0.1, 0.15) is 47.5 Å². The van der Waals surface area contributed by atoms with Crippen molar-refractivity contribution in [3.8, 4) is 0 Å². The highest BCUT2D eigenvalue weighted by molar-refractivity contribution is 6.18. The van der Waals surface area contributed by atoms with Crippen molar-refractivity contribution in [2.45, 2.75) is 47.5 Å². The zero-order valence-electron chi connectivity index (χ0n) is 10.2. The summed E-state index contributed by atoms with van der Waals surface area (Å²) < 4.78 is 0. The fourth-order valence-corrected chi connectivity index (χ4v) is 5.37. The molecule has 0 saturated heterocycles. The molecule has 0 aliphatic heterocycles. The van der Waals surface area contributed by atoms with Gasteiger partial charge in [-0.1, -0.05) is 34.6 Å². The van der Waals surface area contributed by atoms with Gasteiger partial charge in [0.25, 0.3) is 0 Å². The molecule has 0 radical (unpaired) electrons. The highest BCUT2D eigenvalue weighted by Crippen LogP contribution is 2.80. The normalized spacial score (nSPS) is 48.4. The molecule has 0 aromatic carbocycles. The Kier molecular flexibility index (Phi) is 2.08. The quantitative estimate of drug-likeness (QED) is 0.571. The smallest absolute Gasteiger partial charge is 0.0262 e. The average Bonchev–Trinajstić information content (AvgIpc) is 2.32. The van der Waals surface area contributed by atoms with Gasteiger partial charge < -0.3 is 0 Å². The summed E-state index contributed by atoms with van der Waals surface area (Å²) >= 11 is 6.11. The van der Waals surface area contributed by atoms with Crippen LogP contribution in [0.2, 0.25) is 0 Å². The van der Waals surface area contributed by atoms with Crippen LogP contribution < -0.4 is 0 Å². The van der Waals surface area contributed by atoms with Crippen molar-refractivity contribution in [3.63, 3.8) is 0 Å². The Labute approximate surface area is 93.4 Å². The summed E-state index contributed by atoms with van der Waals surface area (Å²) in [6.07, 6.45) is 2.76. The van der Waals surface area contributed by atoms with Gasteiger partial charge in [0.15, 0.2) is 0 Å². The Bertz CT molecular complexity index is 254. The van der Waals surface area contributed by atoms with E-state index in [-0.39, 0.29) is 0 Å². The molecule has 2 rings (SSSR count). The van der Waals surface area contributed by atoms with Gasteiger partial charge in [-0.05, 0) is 40.9 Å². The summed E-state index contributed by atoms with van der Waals surface area (Å²) in [4.78, 5) is 0. The highest BCUT2D eigenvalue weighted by atomic mass is 35.5. The summed E-state index contributed by atoms with van der Waals surface area (Å²) in [7, 11) is 0. The molecule has 0 aromatic rings. The van der Waals surface area contributed by atoms with E-state index in [0.717, 1.165) is 17.7 Å². The van der Waals surface area contributed by atoms with Crippen molar-refractivity contribution in [1.29, 1.82) is 0 Å². The molecular formula is C13H23Cl. The maximum absolute atomic E-state index is 6.11. The lowest BCUT2D eigenvalue weighted by atomic mass is 9.85. The Hall–Kier alpha value is 0.290. The van der Waals surface area contributed by atoms with Crippen molar-refractivity contribution in [1.82, 2.24) is 0 Å². The van der Waals surface area contributed by atoms with Crippen LogP contribution in [0.4, 0.5) is 0 Å². The molecule has 0 nitrogen and oxygen atoms in total. The van der Waals surface area contributed by atoms with Gasteiger partial charge in [0.05, 0.1) is 0 Å². The van der Waals surface area contributed by atoms with Crippen LogP contribution >= 0.6 is 11.6 Å². The average molecular weight is 215 g/mol. The maximum Gasteiger partial charge on any atom is 0.0262 e. The third-order valence-corrected chi connectivity index (χ3v) is 5.58. The predicted molar refractivity (Wildman–Crippen MR) is 62.6 cm³/mol. The van der Waals surface area contributed by atoms with Gasteiger partial charge in [0, 0.05) is 5.88 Å². The van der Waals surface area contributed by atoms with Crippen LogP contribution in [0.15, 0.2) is 0 Å². The minimum Gasteiger partial charge on any atom is -0.126 e. The molecule has 0 heterocycles. The Morgan fingerprint density at radius 2 is 1.79 bits per heavy atom.